The Morgan fingerprint density at radius 3 is 1.38 bits per heavy atom. The van der Waals surface area contributed by atoms with E-state index in [0.717, 1.165) is 22.6 Å². The molecule has 0 saturated carbocycles. The summed E-state index contributed by atoms with van der Waals surface area (Å²) in [6.07, 6.45) is 0. The summed E-state index contributed by atoms with van der Waals surface area (Å²) in [5.41, 5.74) is 15.2. The Kier molecular flexibility index (Phi) is 9.26. The summed E-state index contributed by atoms with van der Waals surface area (Å²) in [6, 6.07) is 90.5. The van der Waals surface area contributed by atoms with Crippen LogP contribution in [0.25, 0.3) is 88.0 Å². The fourth-order valence-electron chi connectivity index (χ4n) is 8.95. The van der Waals surface area contributed by atoms with E-state index in [9.17, 15) is 0 Å². The largest absolute Gasteiger partial charge is 0.310 e. The van der Waals surface area contributed by atoms with Crippen LogP contribution in [0.4, 0.5) is 17.1 Å². The van der Waals surface area contributed by atoms with Gasteiger partial charge in [-0.05, 0) is 131 Å². The van der Waals surface area contributed by atoms with Crippen molar-refractivity contribution in [1.29, 1.82) is 0 Å². The average Bonchev–Trinajstić information content (AvgIpc) is 3.35. The molecular weight excluding hydrogens is 735 g/mol. The molecule has 286 valence electrons. The molecule has 0 N–H and O–H groups in total. The number of rotatable bonds is 8. The van der Waals surface area contributed by atoms with Crippen LogP contribution in [0, 0.1) is 0 Å². The standard InChI is InChI=1S/C60H41N/c1-3-14-42(15-4-1)48-21-13-22-49(38-48)44-28-33-53(34-29-44)61(54-35-30-46(31-36-54)59-40-52-20-9-10-23-55(52)57-24-11-12-25-58(57)59)60-41-51(32-37-56(60)45-17-5-2-6-18-45)50-27-26-43-16-7-8-19-47(43)39-50/h1-41H. The summed E-state index contributed by atoms with van der Waals surface area (Å²) in [5, 5.41) is 7.52. The first-order chi connectivity index (χ1) is 30.2. The van der Waals surface area contributed by atoms with Crippen LogP contribution in [0.15, 0.2) is 249 Å². The molecule has 0 fully saturated rings. The molecule has 0 unspecified atom stereocenters. The second-order valence-corrected chi connectivity index (χ2v) is 15.7. The van der Waals surface area contributed by atoms with Crippen molar-refractivity contribution in [2.24, 2.45) is 0 Å². The van der Waals surface area contributed by atoms with Gasteiger partial charge in [0.15, 0.2) is 0 Å². The molecule has 0 bridgehead atoms. The first-order valence-electron chi connectivity index (χ1n) is 21.0. The third kappa shape index (κ3) is 6.93. The van der Waals surface area contributed by atoms with Crippen molar-refractivity contribution in [2.75, 3.05) is 4.90 Å². The Bertz CT molecular complexity index is 3330. The van der Waals surface area contributed by atoms with Crippen molar-refractivity contribution in [2.45, 2.75) is 0 Å². The number of anilines is 3. The van der Waals surface area contributed by atoms with E-state index in [0.29, 0.717) is 0 Å². The lowest BCUT2D eigenvalue weighted by molar-refractivity contribution is 1.28. The lowest BCUT2D eigenvalue weighted by atomic mass is 9.93. The van der Waals surface area contributed by atoms with Gasteiger partial charge in [0, 0.05) is 16.9 Å². The molecule has 0 aliphatic carbocycles. The van der Waals surface area contributed by atoms with Gasteiger partial charge in [-0.15, -0.1) is 0 Å². The van der Waals surface area contributed by atoms with Crippen LogP contribution >= 0.6 is 0 Å². The molecular formula is C60H41N. The Morgan fingerprint density at radius 2 is 0.672 bits per heavy atom. The molecule has 0 heterocycles. The predicted octanol–water partition coefficient (Wildman–Crippen LogP) is 17.0. The summed E-state index contributed by atoms with van der Waals surface area (Å²) >= 11 is 0. The minimum absolute atomic E-state index is 1.08. The molecule has 0 saturated heterocycles. The molecule has 0 aliphatic heterocycles. The number of fused-ring (bicyclic) bond motifs is 4. The van der Waals surface area contributed by atoms with Crippen LogP contribution in [-0.4, -0.2) is 0 Å². The van der Waals surface area contributed by atoms with Crippen LogP contribution < -0.4 is 4.90 Å². The molecule has 0 atom stereocenters. The first-order valence-corrected chi connectivity index (χ1v) is 21.0. The maximum Gasteiger partial charge on any atom is 0.0546 e. The maximum atomic E-state index is 2.43. The van der Waals surface area contributed by atoms with Gasteiger partial charge in [-0.2, -0.15) is 0 Å². The van der Waals surface area contributed by atoms with Gasteiger partial charge in [0.25, 0.3) is 0 Å². The molecule has 0 aliphatic rings. The van der Waals surface area contributed by atoms with Crippen molar-refractivity contribution >= 4 is 49.4 Å². The zero-order chi connectivity index (χ0) is 40.5. The quantitative estimate of drug-likeness (QED) is 0.139. The second-order valence-electron chi connectivity index (χ2n) is 15.7. The Labute approximate surface area is 357 Å². The average molecular weight is 776 g/mol. The van der Waals surface area contributed by atoms with E-state index in [1.165, 1.54) is 82.4 Å². The third-order valence-corrected chi connectivity index (χ3v) is 12.0. The van der Waals surface area contributed by atoms with Gasteiger partial charge in [-0.1, -0.05) is 200 Å². The van der Waals surface area contributed by atoms with Crippen molar-refractivity contribution < 1.29 is 0 Å². The smallest absolute Gasteiger partial charge is 0.0546 e. The fourth-order valence-corrected chi connectivity index (χ4v) is 8.95. The molecule has 0 radical (unpaired) electrons. The van der Waals surface area contributed by atoms with Gasteiger partial charge in [0.1, 0.15) is 0 Å². The van der Waals surface area contributed by atoms with Crippen molar-refractivity contribution in [1.82, 2.24) is 0 Å². The molecule has 11 aromatic carbocycles. The minimum atomic E-state index is 1.08. The number of hydrogen-bond acceptors (Lipinski definition) is 1. The highest BCUT2D eigenvalue weighted by Crippen LogP contribution is 2.45. The fraction of sp³-hybridized carbons (Fsp3) is 0. The highest BCUT2D eigenvalue weighted by atomic mass is 15.1. The molecule has 0 spiro atoms. The Balaban J connectivity index is 1.08. The molecule has 0 amide bonds. The molecule has 61 heavy (non-hydrogen) atoms. The topological polar surface area (TPSA) is 3.24 Å². The summed E-state index contributed by atoms with van der Waals surface area (Å²) in [7, 11) is 0. The van der Waals surface area contributed by atoms with E-state index in [4.69, 9.17) is 0 Å². The maximum absolute atomic E-state index is 2.43. The number of nitrogens with zero attached hydrogens (tertiary/aromatic N) is 1. The van der Waals surface area contributed by atoms with Crippen LogP contribution in [-0.2, 0) is 0 Å². The van der Waals surface area contributed by atoms with Gasteiger partial charge in [0.05, 0.1) is 5.69 Å². The predicted molar refractivity (Wildman–Crippen MR) is 261 cm³/mol. The highest BCUT2D eigenvalue weighted by Gasteiger charge is 2.20. The second kappa shape index (κ2) is 15.6. The molecule has 1 heteroatoms. The van der Waals surface area contributed by atoms with Gasteiger partial charge >= 0.3 is 0 Å². The molecule has 11 rings (SSSR count). The van der Waals surface area contributed by atoms with Crippen LogP contribution in [0.1, 0.15) is 0 Å². The summed E-state index contributed by atoms with van der Waals surface area (Å²) in [5.74, 6) is 0. The Hall–Kier alpha value is -8.00. The van der Waals surface area contributed by atoms with Gasteiger partial charge in [-0.3, -0.25) is 0 Å². The van der Waals surface area contributed by atoms with Crippen molar-refractivity contribution in [3.63, 3.8) is 0 Å². The summed E-state index contributed by atoms with van der Waals surface area (Å²) < 4.78 is 0. The van der Waals surface area contributed by atoms with E-state index in [2.05, 4.69) is 254 Å². The van der Waals surface area contributed by atoms with E-state index in [1.54, 1.807) is 0 Å². The van der Waals surface area contributed by atoms with Crippen LogP contribution in [0.3, 0.4) is 0 Å². The van der Waals surface area contributed by atoms with Gasteiger partial charge in [-0.25, -0.2) is 0 Å². The van der Waals surface area contributed by atoms with Crippen LogP contribution in [0.5, 0.6) is 0 Å². The van der Waals surface area contributed by atoms with E-state index >= 15 is 0 Å². The van der Waals surface area contributed by atoms with E-state index in [1.807, 2.05) is 0 Å². The minimum Gasteiger partial charge on any atom is -0.310 e. The first kappa shape index (κ1) is 36.1. The summed E-state index contributed by atoms with van der Waals surface area (Å²) in [6.45, 7) is 0. The number of benzene rings is 11. The zero-order valence-corrected chi connectivity index (χ0v) is 33.6. The normalized spacial score (nSPS) is 11.3. The molecule has 0 aromatic heterocycles. The number of hydrogen-bond donors (Lipinski definition) is 0. The summed E-state index contributed by atoms with van der Waals surface area (Å²) in [4.78, 5) is 2.43. The van der Waals surface area contributed by atoms with Crippen molar-refractivity contribution in [3.8, 4) is 55.6 Å². The third-order valence-electron chi connectivity index (χ3n) is 12.0. The zero-order valence-electron chi connectivity index (χ0n) is 33.6. The van der Waals surface area contributed by atoms with Crippen LogP contribution in [0.2, 0.25) is 0 Å². The van der Waals surface area contributed by atoms with Gasteiger partial charge < -0.3 is 4.90 Å². The lowest BCUT2D eigenvalue weighted by Gasteiger charge is -2.29. The Morgan fingerprint density at radius 1 is 0.213 bits per heavy atom. The monoisotopic (exact) mass is 775 g/mol. The molecule has 1 nitrogen and oxygen atoms in total. The van der Waals surface area contributed by atoms with Gasteiger partial charge in [0.2, 0.25) is 0 Å². The van der Waals surface area contributed by atoms with E-state index in [-0.39, 0.29) is 0 Å². The SMILES string of the molecule is c1ccc(-c2cccc(-c3ccc(N(c4ccc(-c5cc6ccccc6c6ccccc56)cc4)c4cc(-c5ccc6ccccc6c5)ccc4-c4ccccc4)cc3)c2)cc1. The highest BCUT2D eigenvalue weighted by molar-refractivity contribution is 6.13. The lowest BCUT2D eigenvalue weighted by Crippen LogP contribution is -2.11. The molecule has 11 aromatic rings. The van der Waals surface area contributed by atoms with Crippen molar-refractivity contribution in [3.05, 3.63) is 249 Å². The van der Waals surface area contributed by atoms with E-state index < -0.39 is 0 Å².